The van der Waals surface area contributed by atoms with Crippen LogP contribution in [0.5, 0.6) is 11.5 Å². The average Bonchev–Trinajstić information content (AvgIpc) is 3.47. The van der Waals surface area contributed by atoms with Crippen LogP contribution in [0.3, 0.4) is 0 Å². The highest BCUT2D eigenvalue weighted by atomic mass is 127. The van der Waals surface area contributed by atoms with Gasteiger partial charge < -0.3 is 14.8 Å². The normalized spacial score (nSPS) is 19.2. The van der Waals surface area contributed by atoms with Crippen LogP contribution >= 0.6 is 22.6 Å². The van der Waals surface area contributed by atoms with Crippen molar-refractivity contribution in [1.82, 2.24) is 0 Å². The van der Waals surface area contributed by atoms with Crippen molar-refractivity contribution in [2.75, 3.05) is 11.9 Å². The molecule has 0 saturated heterocycles. The lowest BCUT2D eigenvalue weighted by Crippen LogP contribution is -2.29. The molecule has 0 saturated carbocycles. The van der Waals surface area contributed by atoms with E-state index in [-0.39, 0.29) is 6.04 Å². The van der Waals surface area contributed by atoms with Gasteiger partial charge in [-0.2, -0.15) is 0 Å². The number of ether oxygens (including phenoxy) is 2. The van der Waals surface area contributed by atoms with E-state index in [9.17, 15) is 0 Å². The molecule has 3 atom stereocenters. The third-order valence-corrected chi connectivity index (χ3v) is 8.49. The molecule has 1 heterocycles. The number of allylic oxidation sites excluding steroid dienone is 2. The summed E-state index contributed by atoms with van der Waals surface area (Å²) >= 11 is 2.31. The SMILES string of the molecule is CCOc1cc(C=Nc2ccc([C@@H]3Nc4ccc(C)cc4[C@@H]4C=CC[C@@H]43)cc2)cc(I)c1OCc1ccccc1. The van der Waals surface area contributed by atoms with Gasteiger partial charge in [0.2, 0.25) is 0 Å². The molecular formula is C35H33IN2O2. The first kappa shape index (κ1) is 26.6. The summed E-state index contributed by atoms with van der Waals surface area (Å²) < 4.78 is 13.1. The lowest BCUT2D eigenvalue weighted by atomic mass is 9.76. The molecule has 0 fully saturated rings. The third kappa shape index (κ3) is 5.66. The fraction of sp³-hybridized carbons (Fsp3) is 0.229. The second-order valence-corrected chi connectivity index (χ2v) is 11.6. The van der Waals surface area contributed by atoms with Crippen LogP contribution in [0, 0.1) is 16.4 Å². The molecule has 0 amide bonds. The summed E-state index contributed by atoms with van der Waals surface area (Å²) in [4.78, 5) is 4.78. The fourth-order valence-corrected chi connectivity index (χ4v) is 6.54. The van der Waals surface area contributed by atoms with Crippen molar-refractivity contribution in [3.05, 3.63) is 128 Å². The first-order valence-corrected chi connectivity index (χ1v) is 15.0. The Morgan fingerprint density at radius 1 is 0.975 bits per heavy atom. The maximum absolute atomic E-state index is 6.17. The van der Waals surface area contributed by atoms with Crippen LogP contribution in [0.25, 0.3) is 0 Å². The molecule has 1 N–H and O–H groups in total. The van der Waals surface area contributed by atoms with E-state index in [0.717, 1.165) is 38.3 Å². The van der Waals surface area contributed by atoms with Gasteiger partial charge in [0.25, 0.3) is 0 Å². The predicted octanol–water partition coefficient (Wildman–Crippen LogP) is 9.15. The Labute approximate surface area is 250 Å². The number of nitrogens with one attached hydrogen (secondary N) is 1. The fourth-order valence-electron chi connectivity index (χ4n) is 5.76. The summed E-state index contributed by atoms with van der Waals surface area (Å²) in [6.45, 7) is 5.22. The maximum atomic E-state index is 6.17. The number of rotatable bonds is 8. The average molecular weight is 641 g/mol. The first-order chi connectivity index (χ1) is 19.6. The van der Waals surface area contributed by atoms with E-state index in [1.807, 2.05) is 37.4 Å². The van der Waals surface area contributed by atoms with Gasteiger partial charge >= 0.3 is 0 Å². The van der Waals surface area contributed by atoms with Crippen LogP contribution in [-0.2, 0) is 6.61 Å². The highest BCUT2D eigenvalue weighted by molar-refractivity contribution is 14.1. The van der Waals surface area contributed by atoms with Gasteiger partial charge in [-0.25, -0.2) is 0 Å². The largest absolute Gasteiger partial charge is 0.490 e. The molecule has 1 aliphatic carbocycles. The number of aliphatic imine (C=N–C) groups is 1. The van der Waals surface area contributed by atoms with E-state index in [4.69, 9.17) is 14.5 Å². The highest BCUT2D eigenvalue weighted by Crippen LogP contribution is 2.50. The minimum absolute atomic E-state index is 0.284. The van der Waals surface area contributed by atoms with Gasteiger partial charge in [0.1, 0.15) is 6.61 Å². The molecule has 4 aromatic carbocycles. The molecule has 4 nitrogen and oxygen atoms in total. The number of hydrogen-bond donors (Lipinski definition) is 1. The summed E-state index contributed by atoms with van der Waals surface area (Å²) in [5, 5.41) is 3.83. The number of aryl methyl sites for hydroxylation is 1. The van der Waals surface area contributed by atoms with E-state index in [0.29, 0.717) is 25.0 Å². The zero-order valence-electron chi connectivity index (χ0n) is 22.8. The van der Waals surface area contributed by atoms with Crippen LogP contribution in [0.1, 0.15) is 53.1 Å². The van der Waals surface area contributed by atoms with Crippen LogP contribution in [-0.4, -0.2) is 12.8 Å². The summed E-state index contributed by atoms with van der Waals surface area (Å²) in [7, 11) is 0. The van der Waals surface area contributed by atoms with Crippen molar-refractivity contribution in [3.63, 3.8) is 0 Å². The predicted molar refractivity (Wildman–Crippen MR) is 172 cm³/mol. The molecule has 202 valence electrons. The molecule has 2 aliphatic rings. The molecule has 0 bridgehead atoms. The van der Waals surface area contributed by atoms with Gasteiger partial charge in [-0.05, 0) is 101 Å². The third-order valence-electron chi connectivity index (χ3n) is 7.69. The van der Waals surface area contributed by atoms with Crippen LogP contribution < -0.4 is 14.8 Å². The van der Waals surface area contributed by atoms with Crippen LogP contribution in [0.15, 0.2) is 102 Å². The van der Waals surface area contributed by atoms with Gasteiger partial charge in [-0.3, -0.25) is 4.99 Å². The minimum Gasteiger partial charge on any atom is -0.490 e. The van der Waals surface area contributed by atoms with Crippen LogP contribution in [0.2, 0.25) is 0 Å². The molecule has 40 heavy (non-hydrogen) atoms. The Morgan fingerprint density at radius 2 is 1.80 bits per heavy atom. The van der Waals surface area contributed by atoms with Gasteiger partial charge in [-0.1, -0.05) is 72.3 Å². The molecular weight excluding hydrogens is 607 g/mol. The number of fused-ring (bicyclic) bond motifs is 3. The summed E-state index contributed by atoms with van der Waals surface area (Å²) in [5.41, 5.74) is 8.32. The quantitative estimate of drug-likeness (QED) is 0.119. The van der Waals surface area contributed by atoms with Crippen molar-refractivity contribution in [3.8, 4) is 11.5 Å². The number of anilines is 1. The van der Waals surface area contributed by atoms with E-state index in [1.165, 1.54) is 22.4 Å². The van der Waals surface area contributed by atoms with Crippen molar-refractivity contribution < 1.29 is 9.47 Å². The number of hydrogen-bond acceptors (Lipinski definition) is 4. The van der Waals surface area contributed by atoms with E-state index in [1.54, 1.807) is 0 Å². The lowest BCUT2D eigenvalue weighted by molar-refractivity contribution is 0.267. The molecule has 1 aliphatic heterocycles. The Kier molecular flexibility index (Phi) is 7.91. The van der Waals surface area contributed by atoms with E-state index < -0.39 is 0 Å². The Morgan fingerprint density at radius 3 is 2.60 bits per heavy atom. The molecule has 4 aromatic rings. The monoisotopic (exact) mass is 640 g/mol. The van der Waals surface area contributed by atoms with Gasteiger partial charge in [-0.15, -0.1) is 0 Å². The molecule has 5 heteroatoms. The van der Waals surface area contributed by atoms with Crippen molar-refractivity contribution in [1.29, 1.82) is 0 Å². The van der Waals surface area contributed by atoms with Gasteiger partial charge in [0.05, 0.1) is 21.9 Å². The second-order valence-electron chi connectivity index (χ2n) is 10.5. The standard InChI is InChI=1S/C35H33IN2O2/c1-3-39-33-20-25(19-31(36)35(33)40-22-24-8-5-4-6-9-24)21-37-27-15-13-26(14-16-27)34-29-11-7-10-28(29)30-18-23(2)12-17-32(30)38-34/h4-10,12-21,28-29,34,38H,3,11,22H2,1-2H3/t28-,29+,34+/m1/s1. The zero-order valence-corrected chi connectivity index (χ0v) is 25.0. The van der Waals surface area contributed by atoms with Gasteiger partial charge in [0, 0.05) is 17.8 Å². The first-order valence-electron chi connectivity index (χ1n) is 13.9. The second kappa shape index (κ2) is 11.9. The van der Waals surface area contributed by atoms with Gasteiger partial charge in [0.15, 0.2) is 11.5 Å². The van der Waals surface area contributed by atoms with E-state index >= 15 is 0 Å². The topological polar surface area (TPSA) is 42.8 Å². The smallest absolute Gasteiger partial charge is 0.175 e. The van der Waals surface area contributed by atoms with E-state index in [2.05, 4.69) is 108 Å². The molecule has 0 radical (unpaired) electrons. The number of halogens is 1. The maximum Gasteiger partial charge on any atom is 0.175 e. The van der Waals surface area contributed by atoms with Crippen LogP contribution in [0.4, 0.5) is 11.4 Å². The lowest BCUT2D eigenvalue weighted by Gasteiger charge is -2.37. The Bertz CT molecular complexity index is 1550. The van der Waals surface area contributed by atoms with Crippen molar-refractivity contribution >= 4 is 40.2 Å². The minimum atomic E-state index is 0.284. The summed E-state index contributed by atoms with van der Waals surface area (Å²) in [6.07, 6.45) is 7.73. The highest BCUT2D eigenvalue weighted by Gasteiger charge is 2.37. The Hall–Kier alpha value is -3.58. The molecule has 0 spiro atoms. The molecule has 0 aromatic heterocycles. The number of benzene rings is 4. The van der Waals surface area contributed by atoms with Crippen molar-refractivity contribution in [2.24, 2.45) is 10.9 Å². The van der Waals surface area contributed by atoms with Crippen molar-refractivity contribution in [2.45, 2.75) is 38.8 Å². The zero-order chi connectivity index (χ0) is 27.5. The summed E-state index contributed by atoms with van der Waals surface area (Å²) in [5.74, 6) is 2.51. The molecule has 0 unspecified atom stereocenters. The molecule has 6 rings (SSSR count). The number of nitrogens with zero attached hydrogens (tertiary/aromatic N) is 1. The Balaban J connectivity index is 1.18. The summed E-state index contributed by atoms with van der Waals surface area (Å²) in [6, 6.07) is 30.0.